The van der Waals surface area contributed by atoms with E-state index in [0.717, 1.165) is 25.3 Å². The Kier molecular flexibility index (Phi) is 8.37. The number of hydrogen-bond donors (Lipinski definition) is 2. The van der Waals surface area contributed by atoms with E-state index in [4.69, 9.17) is 5.11 Å². The maximum absolute atomic E-state index is 13.8. The minimum absolute atomic E-state index is 0.0894. The summed E-state index contributed by atoms with van der Waals surface area (Å²) in [5.41, 5.74) is 0. The number of carboxylic acids is 1. The molecule has 28 heavy (non-hydrogen) atoms. The average molecular weight is 414 g/mol. The van der Waals surface area contributed by atoms with Gasteiger partial charge in [0.1, 0.15) is 10.7 Å². The third-order valence-corrected chi connectivity index (χ3v) is 6.83. The van der Waals surface area contributed by atoms with Crippen molar-refractivity contribution in [2.75, 3.05) is 19.6 Å². The van der Waals surface area contributed by atoms with Crippen molar-refractivity contribution in [1.29, 1.82) is 0 Å². The number of benzene rings is 1. The maximum atomic E-state index is 13.8. The fourth-order valence-corrected chi connectivity index (χ4v) is 4.80. The third-order valence-electron chi connectivity index (χ3n) is 4.90. The number of unbranched alkanes of at least 4 members (excludes halogenated alkanes) is 3. The van der Waals surface area contributed by atoms with E-state index in [2.05, 4.69) is 5.32 Å². The molecule has 0 spiro atoms. The number of carbonyl (C=O) groups is 2. The Morgan fingerprint density at radius 3 is 2.39 bits per heavy atom. The summed E-state index contributed by atoms with van der Waals surface area (Å²) in [4.78, 5) is 22.3. The van der Waals surface area contributed by atoms with Crippen molar-refractivity contribution in [3.63, 3.8) is 0 Å². The first-order chi connectivity index (χ1) is 13.3. The van der Waals surface area contributed by atoms with E-state index in [0.29, 0.717) is 25.8 Å². The smallest absolute Gasteiger partial charge is 0.303 e. The van der Waals surface area contributed by atoms with Crippen LogP contribution in [0.5, 0.6) is 0 Å². The SMILES string of the molecule is O=C(O)CCCCCCNC(=O)C1CCN(S(=O)(=O)c2ccccc2F)CC1. The van der Waals surface area contributed by atoms with Gasteiger partial charge in [-0.2, -0.15) is 4.31 Å². The van der Waals surface area contributed by atoms with Gasteiger partial charge in [-0.05, 0) is 37.8 Å². The number of halogens is 1. The molecule has 9 heteroatoms. The molecule has 2 rings (SSSR count). The summed E-state index contributed by atoms with van der Waals surface area (Å²) < 4.78 is 40.2. The predicted molar refractivity (Wildman–Crippen MR) is 102 cm³/mol. The molecule has 1 aromatic rings. The monoisotopic (exact) mass is 414 g/mol. The lowest BCUT2D eigenvalue weighted by molar-refractivity contribution is -0.137. The summed E-state index contributed by atoms with van der Waals surface area (Å²) in [7, 11) is -3.89. The number of carboxylic acid groups (broad SMARTS) is 1. The van der Waals surface area contributed by atoms with Crippen molar-refractivity contribution in [2.24, 2.45) is 5.92 Å². The van der Waals surface area contributed by atoms with Crippen molar-refractivity contribution in [3.8, 4) is 0 Å². The van der Waals surface area contributed by atoms with Crippen LogP contribution in [0.15, 0.2) is 29.2 Å². The quantitative estimate of drug-likeness (QED) is 0.572. The van der Waals surface area contributed by atoms with Crippen LogP contribution in [0.4, 0.5) is 4.39 Å². The van der Waals surface area contributed by atoms with Gasteiger partial charge in [-0.3, -0.25) is 9.59 Å². The highest BCUT2D eigenvalue weighted by Crippen LogP contribution is 2.25. The molecular formula is C19H27FN2O5S. The van der Waals surface area contributed by atoms with Gasteiger partial charge >= 0.3 is 5.97 Å². The van der Waals surface area contributed by atoms with Crippen molar-refractivity contribution >= 4 is 21.9 Å². The molecule has 1 fully saturated rings. The summed E-state index contributed by atoms with van der Waals surface area (Å²) in [6.45, 7) is 0.896. The Balaban J connectivity index is 1.72. The molecule has 2 N–H and O–H groups in total. The minimum Gasteiger partial charge on any atom is -0.481 e. The zero-order valence-corrected chi connectivity index (χ0v) is 16.6. The van der Waals surface area contributed by atoms with E-state index >= 15 is 0 Å². The highest BCUT2D eigenvalue weighted by molar-refractivity contribution is 7.89. The van der Waals surface area contributed by atoms with Crippen LogP contribution in [0.25, 0.3) is 0 Å². The van der Waals surface area contributed by atoms with Gasteiger partial charge in [-0.25, -0.2) is 12.8 Å². The van der Waals surface area contributed by atoms with Crippen LogP contribution in [0.2, 0.25) is 0 Å². The minimum atomic E-state index is -3.89. The summed E-state index contributed by atoms with van der Waals surface area (Å²) in [5, 5.41) is 11.4. The van der Waals surface area contributed by atoms with Crippen LogP contribution in [0, 0.1) is 11.7 Å². The van der Waals surface area contributed by atoms with E-state index in [-0.39, 0.29) is 36.2 Å². The summed E-state index contributed by atoms with van der Waals surface area (Å²) in [5.74, 6) is -1.91. The van der Waals surface area contributed by atoms with Crippen molar-refractivity contribution in [1.82, 2.24) is 9.62 Å². The number of piperidine rings is 1. The molecule has 0 bridgehead atoms. The molecule has 0 aliphatic carbocycles. The second-order valence-corrected chi connectivity index (χ2v) is 8.86. The van der Waals surface area contributed by atoms with E-state index in [1.165, 1.54) is 22.5 Å². The van der Waals surface area contributed by atoms with E-state index in [9.17, 15) is 22.4 Å². The Labute approximate surface area is 165 Å². The van der Waals surface area contributed by atoms with Gasteiger partial charge in [0.25, 0.3) is 0 Å². The van der Waals surface area contributed by atoms with Gasteiger partial charge in [0.2, 0.25) is 15.9 Å². The Morgan fingerprint density at radius 1 is 1.11 bits per heavy atom. The summed E-state index contributed by atoms with van der Waals surface area (Å²) in [6, 6.07) is 5.30. The largest absolute Gasteiger partial charge is 0.481 e. The van der Waals surface area contributed by atoms with Gasteiger partial charge in [-0.15, -0.1) is 0 Å². The van der Waals surface area contributed by atoms with Crippen molar-refractivity contribution < 1.29 is 27.5 Å². The van der Waals surface area contributed by atoms with E-state index < -0.39 is 21.8 Å². The molecule has 0 atom stereocenters. The van der Waals surface area contributed by atoms with Gasteiger partial charge in [0, 0.05) is 32.0 Å². The molecule has 7 nitrogen and oxygen atoms in total. The number of aliphatic carboxylic acids is 1. The lowest BCUT2D eigenvalue weighted by atomic mass is 9.97. The predicted octanol–water partition coefficient (Wildman–Crippen LogP) is 2.38. The number of nitrogens with zero attached hydrogens (tertiary/aromatic N) is 1. The number of hydrogen-bond acceptors (Lipinski definition) is 4. The van der Waals surface area contributed by atoms with Gasteiger partial charge in [-0.1, -0.05) is 25.0 Å². The van der Waals surface area contributed by atoms with Crippen LogP contribution >= 0.6 is 0 Å². The fourth-order valence-electron chi connectivity index (χ4n) is 3.26. The van der Waals surface area contributed by atoms with Crippen molar-refractivity contribution in [3.05, 3.63) is 30.1 Å². The number of amides is 1. The first kappa shape index (κ1) is 22.3. The Bertz CT molecular complexity index is 776. The molecule has 0 radical (unpaired) electrons. The fraction of sp³-hybridized carbons (Fsp3) is 0.579. The number of sulfonamides is 1. The Morgan fingerprint density at radius 2 is 1.75 bits per heavy atom. The van der Waals surface area contributed by atoms with Gasteiger partial charge < -0.3 is 10.4 Å². The molecule has 0 aromatic heterocycles. The standard InChI is InChI=1S/C19H27FN2O5S/c20-16-7-4-5-8-17(16)28(26,27)22-13-10-15(11-14-22)19(25)21-12-6-2-1-3-9-18(23)24/h4-5,7-8,15H,1-3,6,9-14H2,(H,21,25)(H,23,24). The molecule has 0 unspecified atom stereocenters. The molecule has 1 saturated heterocycles. The second-order valence-electron chi connectivity index (χ2n) is 6.96. The zero-order valence-electron chi connectivity index (χ0n) is 15.8. The molecule has 1 aliphatic heterocycles. The molecule has 0 saturated carbocycles. The topological polar surface area (TPSA) is 104 Å². The normalized spacial score (nSPS) is 16.0. The third kappa shape index (κ3) is 6.27. The summed E-state index contributed by atoms with van der Waals surface area (Å²) in [6.07, 6.45) is 4.06. The maximum Gasteiger partial charge on any atom is 0.303 e. The molecule has 1 amide bonds. The van der Waals surface area contributed by atoms with E-state index in [1.54, 1.807) is 0 Å². The van der Waals surface area contributed by atoms with Gasteiger partial charge in [0.15, 0.2) is 0 Å². The Hall–Kier alpha value is -2.00. The zero-order chi connectivity index (χ0) is 20.6. The number of rotatable bonds is 10. The lowest BCUT2D eigenvalue weighted by Gasteiger charge is -2.30. The van der Waals surface area contributed by atoms with Crippen LogP contribution in [0.3, 0.4) is 0 Å². The molecule has 1 aliphatic rings. The highest BCUT2D eigenvalue weighted by atomic mass is 32.2. The molecule has 1 aromatic carbocycles. The van der Waals surface area contributed by atoms with Crippen LogP contribution in [-0.2, 0) is 19.6 Å². The van der Waals surface area contributed by atoms with Crippen molar-refractivity contribution in [2.45, 2.75) is 49.8 Å². The van der Waals surface area contributed by atoms with Crippen LogP contribution in [0.1, 0.15) is 44.9 Å². The van der Waals surface area contributed by atoms with Gasteiger partial charge in [0.05, 0.1) is 0 Å². The average Bonchev–Trinajstić information content (AvgIpc) is 2.67. The molecular weight excluding hydrogens is 387 g/mol. The number of nitrogens with one attached hydrogen (secondary N) is 1. The molecule has 1 heterocycles. The lowest BCUT2D eigenvalue weighted by Crippen LogP contribution is -2.43. The summed E-state index contributed by atoms with van der Waals surface area (Å²) >= 11 is 0. The van der Waals surface area contributed by atoms with Crippen LogP contribution < -0.4 is 5.32 Å². The van der Waals surface area contributed by atoms with Crippen LogP contribution in [-0.4, -0.2) is 49.3 Å². The first-order valence-electron chi connectivity index (χ1n) is 9.56. The number of carbonyl (C=O) groups excluding carboxylic acids is 1. The highest BCUT2D eigenvalue weighted by Gasteiger charge is 2.33. The first-order valence-corrected chi connectivity index (χ1v) is 11.0. The molecule has 156 valence electrons. The van der Waals surface area contributed by atoms with E-state index in [1.807, 2.05) is 0 Å². The second kappa shape index (κ2) is 10.5.